The third-order valence-electron chi connectivity index (χ3n) is 4.86. The molecule has 0 saturated carbocycles. The Hall–Kier alpha value is -2.53. The Labute approximate surface area is 178 Å². The van der Waals surface area contributed by atoms with Crippen LogP contribution in [-0.4, -0.2) is 57.0 Å². The van der Waals surface area contributed by atoms with Gasteiger partial charge in [-0.25, -0.2) is 13.4 Å². The fraction of sp³-hybridized carbons (Fsp3) is 0.300. The number of amides is 1. The largest absolute Gasteiger partial charge is 0.496 e. The fourth-order valence-corrected chi connectivity index (χ4v) is 5.64. The maximum absolute atomic E-state index is 13.0. The number of methoxy groups -OCH3 is 1. The van der Waals surface area contributed by atoms with Crippen LogP contribution in [0.5, 0.6) is 5.75 Å². The second-order valence-electron chi connectivity index (χ2n) is 6.77. The van der Waals surface area contributed by atoms with Gasteiger partial charge in [-0.15, -0.1) is 0 Å². The summed E-state index contributed by atoms with van der Waals surface area (Å²) in [7, 11) is -2.30. The van der Waals surface area contributed by atoms with Crippen LogP contribution in [0, 0.1) is 6.92 Å². The van der Waals surface area contributed by atoms with Crippen LogP contribution >= 0.6 is 11.3 Å². The highest BCUT2D eigenvalue weighted by atomic mass is 32.2. The van der Waals surface area contributed by atoms with Crippen molar-refractivity contribution in [3.63, 3.8) is 0 Å². The first kappa shape index (κ1) is 20.7. The van der Waals surface area contributed by atoms with Crippen molar-refractivity contribution in [1.29, 1.82) is 0 Å². The molecule has 1 aliphatic heterocycles. The molecule has 2 aromatic carbocycles. The van der Waals surface area contributed by atoms with E-state index < -0.39 is 15.9 Å². The van der Waals surface area contributed by atoms with Crippen LogP contribution in [0.25, 0.3) is 10.2 Å². The SMILES string of the molecule is COc1ccc(S(=O)(=O)N2CCOCC2)cc1C(=O)Nc1nc2c(C)cccc2s1. The number of nitrogens with one attached hydrogen (secondary N) is 1. The number of fused-ring (bicyclic) bond motifs is 1. The van der Waals surface area contributed by atoms with Crippen molar-refractivity contribution < 1.29 is 22.7 Å². The van der Waals surface area contributed by atoms with Crippen molar-refractivity contribution in [3.05, 3.63) is 47.5 Å². The standard InChI is InChI=1S/C20H21N3O5S2/c1-13-4-3-5-17-18(13)21-20(29-17)22-19(24)15-12-14(6-7-16(15)27-2)30(25,26)23-8-10-28-11-9-23/h3-7,12H,8-11H2,1-2H3,(H,21,22,24). The normalized spacial score (nSPS) is 15.3. The van der Waals surface area contributed by atoms with Crippen LogP contribution in [0.1, 0.15) is 15.9 Å². The Bertz CT molecular complexity index is 1200. The molecule has 30 heavy (non-hydrogen) atoms. The number of carbonyl (C=O) groups is 1. The van der Waals surface area contributed by atoms with E-state index in [1.54, 1.807) is 0 Å². The number of sulfonamides is 1. The molecule has 1 aliphatic rings. The predicted molar refractivity (Wildman–Crippen MR) is 115 cm³/mol. The lowest BCUT2D eigenvalue weighted by atomic mass is 10.2. The molecule has 0 unspecified atom stereocenters. The number of carbonyl (C=O) groups excluding carboxylic acids is 1. The van der Waals surface area contributed by atoms with Gasteiger partial charge in [-0.3, -0.25) is 10.1 Å². The van der Waals surface area contributed by atoms with E-state index in [2.05, 4.69) is 10.3 Å². The summed E-state index contributed by atoms with van der Waals surface area (Å²) >= 11 is 1.36. The Morgan fingerprint density at radius 1 is 1.23 bits per heavy atom. The van der Waals surface area contributed by atoms with E-state index in [4.69, 9.17) is 9.47 Å². The molecule has 1 amide bonds. The summed E-state index contributed by atoms with van der Waals surface area (Å²) < 4.78 is 38.8. The van der Waals surface area contributed by atoms with E-state index in [0.29, 0.717) is 18.3 Å². The molecule has 0 bridgehead atoms. The molecule has 1 aromatic heterocycles. The zero-order valence-electron chi connectivity index (χ0n) is 16.5. The zero-order valence-corrected chi connectivity index (χ0v) is 18.2. The number of ether oxygens (including phenoxy) is 2. The molecule has 10 heteroatoms. The molecule has 2 heterocycles. The number of hydrogen-bond donors (Lipinski definition) is 1. The van der Waals surface area contributed by atoms with Gasteiger partial charge in [0.25, 0.3) is 5.91 Å². The minimum absolute atomic E-state index is 0.0375. The number of benzene rings is 2. The van der Waals surface area contributed by atoms with Crippen molar-refractivity contribution in [2.45, 2.75) is 11.8 Å². The van der Waals surface area contributed by atoms with Crippen molar-refractivity contribution in [1.82, 2.24) is 9.29 Å². The summed E-state index contributed by atoms with van der Waals surface area (Å²) in [5.74, 6) is -0.201. The molecule has 3 aromatic rings. The number of aryl methyl sites for hydroxylation is 1. The Morgan fingerprint density at radius 3 is 2.70 bits per heavy atom. The molecule has 0 aliphatic carbocycles. The number of morpholine rings is 1. The van der Waals surface area contributed by atoms with Gasteiger partial charge in [0.2, 0.25) is 10.0 Å². The van der Waals surface area contributed by atoms with Gasteiger partial charge < -0.3 is 9.47 Å². The summed E-state index contributed by atoms with van der Waals surface area (Å²) in [5.41, 5.74) is 1.97. The second kappa shape index (κ2) is 8.31. The highest BCUT2D eigenvalue weighted by molar-refractivity contribution is 7.89. The molecular weight excluding hydrogens is 426 g/mol. The highest BCUT2D eigenvalue weighted by Gasteiger charge is 2.28. The van der Waals surface area contributed by atoms with Crippen molar-refractivity contribution in [2.75, 3.05) is 38.7 Å². The van der Waals surface area contributed by atoms with Gasteiger partial charge in [0.15, 0.2) is 5.13 Å². The first-order valence-corrected chi connectivity index (χ1v) is 11.6. The van der Waals surface area contributed by atoms with E-state index in [0.717, 1.165) is 15.8 Å². The summed E-state index contributed by atoms with van der Waals surface area (Å²) in [6, 6.07) is 10.1. The molecule has 0 atom stereocenters. The Morgan fingerprint density at radius 2 is 2.00 bits per heavy atom. The Balaban J connectivity index is 1.65. The van der Waals surface area contributed by atoms with Crippen LogP contribution in [0.3, 0.4) is 0 Å². The van der Waals surface area contributed by atoms with E-state index in [9.17, 15) is 13.2 Å². The summed E-state index contributed by atoms with van der Waals surface area (Å²) in [5, 5.41) is 3.21. The summed E-state index contributed by atoms with van der Waals surface area (Å²) in [6.07, 6.45) is 0. The third-order valence-corrected chi connectivity index (χ3v) is 7.70. The van der Waals surface area contributed by atoms with Gasteiger partial charge in [-0.1, -0.05) is 23.5 Å². The van der Waals surface area contributed by atoms with Crippen molar-refractivity contribution in [2.24, 2.45) is 0 Å². The molecule has 0 radical (unpaired) electrons. The number of rotatable bonds is 5. The summed E-state index contributed by atoms with van der Waals surface area (Å²) in [6.45, 7) is 3.21. The number of nitrogens with zero attached hydrogens (tertiary/aromatic N) is 2. The first-order valence-electron chi connectivity index (χ1n) is 9.33. The molecular formula is C20H21N3O5S2. The molecule has 8 nitrogen and oxygen atoms in total. The zero-order chi connectivity index (χ0) is 21.3. The number of aromatic nitrogens is 1. The van der Waals surface area contributed by atoms with E-state index in [1.807, 2.05) is 25.1 Å². The van der Waals surface area contributed by atoms with Crippen LogP contribution in [0.2, 0.25) is 0 Å². The molecule has 1 fully saturated rings. The van der Waals surface area contributed by atoms with Crippen LogP contribution < -0.4 is 10.1 Å². The lowest BCUT2D eigenvalue weighted by Gasteiger charge is -2.26. The molecule has 4 rings (SSSR count). The number of hydrogen-bond acceptors (Lipinski definition) is 7. The van der Waals surface area contributed by atoms with Gasteiger partial charge in [-0.2, -0.15) is 4.31 Å². The topological polar surface area (TPSA) is 97.8 Å². The number of anilines is 1. The maximum Gasteiger partial charge on any atom is 0.261 e. The van der Waals surface area contributed by atoms with Gasteiger partial charge in [0, 0.05) is 13.1 Å². The minimum Gasteiger partial charge on any atom is -0.496 e. The Kier molecular flexibility index (Phi) is 5.74. The molecule has 0 spiro atoms. The van der Waals surface area contributed by atoms with E-state index >= 15 is 0 Å². The fourth-order valence-electron chi connectivity index (χ4n) is 3.27. The van der Waals surface area contributed by atoms with Crippen LogP contribution in [0.4, 0.5) is 5.13 Å². The van der Waals surface area contributed by atoms with Gasteiger partial charge in [0.05, 0.1) is 41.0 Å². The first-order chi connectivity index (χ1) is 14.4. The van der Waals surface area contributed by atoms with Crippen LogP contribution in [-0.2, 0) is 14.8 Å². The van der Waals surface area contributed by atoms with Gasteiger partial charge >= 0.3 is 0 Å². The van der Waals surface area contributed by atoms with Crippen LogP contribution in [0.15, 0.2) is 41.3 Å². The highest BCUT2D eigenvalue weighted by Crippen LogP contribution is 2.30. The van der Waals surface area contributed by atoms with E-state index in [1.165, 1.54) is 41.0 Å². The summed E-state index contributed by atoms with van der Waals surface area (Å²) in [4.78, 5) is 17.5. The predicted octanol–water partition coefficient (Wildman–Crippen LogP) is 2.89. The monoisotopic (exact) mass is 447 g/mol. The lowest BCUT2D eigenvalue weighted by molar-refractivity contribution is 0.0730. The molecule has 1 saturated heterocycles. The smallest absolute Gasteiger partial charge is 0.261 e. The minimum atomic E-state index is -3.74. The third kappa shape index (κ3) is 3.91. The molecule has 158 valence electrons. The molecule has 1 N–H and O–H groups in total. The lowest BCUT2D eigenvalue weighted by Crippen LogP contribution is -2.40. The van der Waals surface area contributed by atoms with E-state index in [-0.39, 0.29) is 29.3 Å². The number of para-hydroxylation sites is 1. The second-order valence-corrected chi connectivity index (χ2v) is 9.74. The van der Waals surface area contributed by atoms with Gasteiger partial charge in [-0.05, 0) is 36.8 Å². The van der Waals surface area contributed by atoms with Crippen molar-refractivity contribution >= 4 is 42.6 Å². The number of thiazole rings is 1. The average Bonchev–Trinajstić information content (AvgIpc) is 3.17. The quantitative estimate of drug-likeness (QED) is 0.646. The van der Waals surface area contributed by atoms with Gasteiger partial charge in [0.1, 0.15) is 5.75 Å². The average molecular weight is 448 g/mol. The van der Waals surface area contributed by atoms with Crippen molar-refractivity contribution in [3.8, 4) is 5.75 Å². The maximum atomic E-state index is 13.0.